The standard InChI is InChI=1S/C21H28F2O2/c1-2-14-6-8-15(9-7-14)16-10-12-17(13-11-16)21(24)25-20-18(22)4-3-5-19(20)23/h3-5,14-17H,2,6-13H2,1H3/t14-,15-,16-,17-. The first kappa shape index (κ1) is 18.3. The Morgan fingerprint density at radius 1 is 0.960 bits per heavy atom. The maximum atomic E-state index is 13.6. The number of hydrogen-bond donors (Lipinski definition) is 0. The second-order valence-corrected chi connectivity index (χ2v) is 7.77. The summed E-state index contributed by atoms with van der Waals surface area (Å²) in [6.45, 7) is 2.28. The highest BCUT2D eigenvalue weighted by Gasteiger charge is 2.33. The van der Waals surface area contributed by atoms with Crippen molar-refractivity contribution in [1.82, 2.24) is 0 Å². The molecule has 0 radical (unpaired) electrons. The topological polar surface area (TPSA) is 26.3 Å². The van der Waals surface area contributed by atoms with E-state index in [0.717, 1.165) is 49.7 Å². The maximum absolute atomic E-state index is 13.6. The molecule has 0 spiro atoms. The number of ether oxygens (including phenoxy) is 1. The van der Waals surface area contributed by atoms with Crippen molar-refractivity contribution >= 4 is 5.97 Å². The van der Waals surface area contributed by atoms with Gasteiger partial charge in [0.15, 0.2) is 11.6 Å². The highest BCUT2D eigenvalue weighted by molar-refractivity contribution is 5.75. The quantitative estimate of drug-likeness (QED) is 0.500. The van der Waals surface area contributed by atoms with Gasteiger partial charge in [0, 0.05) is 0 Å². The van der Waals surface area contributed by atoms with Crippen molar-refractivity contribution in [2.45, 2.75) is 64.7 Å². The first-order valence-corrected chi connectivity index (χ1v) is 9.74. The molecule has 0 atom stereocenters. The van der Waals surface area contributed by atoms with Gasteiger partial charge in [-0.15, -0.1) is 0 Å². The van der Waals surface area contributed by atoms with Crippen molar-refractivity contribution in [3.05, 3.63) is 29.8 Å². The van der Waals surface area contributed by atoms with E-state index in [1.165, 1.54) is 38.2 Å². The third-order valence-corrected chi connectivity index (χ3v) is 6.36. The van der Waals surface area contributed by atoms with Crippen LogP contribution in [0.2, 0.25) is 0 Å². The van der Waals surface area contributed by atoms with E-state index in [-0.39, 0.29) is 5.92 Å². The predicted molar refractivity (Wildman–Crippen MR) is 93.2 cm³/mol. The largest absolute Gasteiger partial charge is 0.420 e. The number of carbonyl (C=O) groups is 1. The van der Waals surface area contributed by atoms with Gasteiger partial charge in [-0.3, -0.25) is 4.79 Å². The highest BCUT2D eigenvalue weighted by atomic mass is 19.1. The Balaban J connectivity index is 1.50. The summed E-state index contributed by atoms with van der Waals surface area (Å²) < 4.78 is 32.3. The summed E-state index contributed by atoms with van der Waals surface area (Å²) in [5, 5.41) is 0. The minimum atomic E-state index is -0.824. The number of benzene rings is 1. The molecule has 3 rings (SSSR count). The Hall–Kier alpha value is -1.45. The molecule has 0 amide bonds. The lowest BCUT2D eigenvalue weighted by Crippen LogP contribution is -2.30. The summed E-state index contributed by atoms with van der Waals surface area (Å²) in [4.78, 5) is 12.3. The number of rotatable bonds is 4. The van der Waals surface area contributed by atoms with Gasteiger partial charge < -0.3 is 4.74 Å². The average molecular weight is 350 g/mol. The summed E-state index contributed by atoms with van der Waals surface area (Å²) in [7, 11) is 0. The number of carbonyl (C=O) groups excluding carboxylic acids is 1. The van der Waals surface area contributed by atoms with Crippen LogP contribution in [-0.2, 0) is 4.79 Å². The molecule has 138 valence electrons. The highest BCUT2D eigenvalue weighted by Crippen LogP contribution is 2.42. The summed E-state index contributed by atoms with van der Waals surface area (Å²) in [6.07, 6.45) is 10.2. The Labute approximate surface area is 149 Å². The molecule has 0 N–H and O–H groups in total. The lowest BCUT2D eigenvalue weighted by atomic mass is 9.69. The Kier molecular flexibility index (Phi) is 6.08. The molecule has 2 saturated carbocycles. The average Bonchev–Trinajstić information content (AvgIpc) is 2.65. The van der Waals surface area contributed by atoms with Crippen LogP contribution in [0.3, 0.4) is 0 Å². The van der Waals surface area contributed by atoms with Crippen LogP contribution in [0, 0.1) is 35.3 Å². The molecule has 0 heterocycles. The molecule has 25 heavy (non-hydrogen) atoms. The summed E-state index contributed by atoms with van der Waals surface area (Å²) in [5.41, 5.74) is 0. The molecule has 1 aromatic rings. The van der Waals surface area contributed by atoms with E-state index in [2.05, 4.69) is 6.92 Å². The Morgan fingerprint density at radius 3 is 2.00 bits per heavy atom. The SMILES string of the molecule is CC[C@H]1CC[C@H]([C@H]2CC[C@H](C(=O)Oc3c(F)cccc3F)CC2)CC1. The van der Waals surface area contributed by atoms with Gasteiger partial charge in [0.1, 0.15) is 0 Å². The Morgan fingerprint density at radius 2 is 1.48 bits per heavy atom. The fraction of sp³-hybridized carbons (Fsp3) is 0.667. The second kappa shape index (κ2) is 8.29. The first-order chi connectivity index (χ1) is 12.1. The van der Waals surface area contributed by atoms with Crippen LogP contribution in [-0.4, -0.2) is 5.97 Å². The van der Waals surface area contributed by atoms with Gasteiger partial charge in [0.25, 0.3) is 0 Å². The van der Waals surface area contributed by atoms with Crippen LogP contribution in [0.5, 0.6) is 5.75 Å². The fourth-order valence-electron chi connectivity index (χ4n) is 4.66. The molecular weight excluding hydrogens is 322 g/mol. The number of esters is 1. The lowest BCUT2D eigenvalue weighted by molar-refractivity contribution is -0.140. The van der Waals surface area contributed by atoms with Gasteiger partial charge in [-0.05, 0) is 68.4 Å². The minimum absolute atomic E-state index is 0.234. The van der Waals surface area contributed by atoms with Gasteiger partial charge in [0.2, 0.25) is 5.75 Å². The summed E-state index contributed by atoms with van der Waals surface area (Å²) in [6, 6.07) is 3.48. The van der Waals surface area contributed by atoms with E-state index >= 15 is 0 Å². The predicted octanol–water partition coefficient (Wildman–Crippen LogP) is 5.89. The molecule has 0 unspecified atom stereocenters. The molecule has 4 heteroatoms. The monoisotopic (exact) mass is 350 g/mol. The summed E-state index contributed by atoms with van der Waals surface area (Å²) in [5.74, 6) is -0.537. The number of hydrogen-bond acceptors (Lipinski definition) is 2. The molecule has 0 saturated heterocycles. The van der Waals surface area contributed by atoms with Crippen LogP contribution in [0.25, 0.3) is 0 Å². The molecule has 2 aliphatic carbocycles. The van der Waals surface area contributed by atoms with Crippen molar-refractivity contribution in [2.75, 3.05) is 0 Å². The van der Waals surface area contributed by atoms with E-state index < -0.39 is 23.4 Å². The first-order valence-electron chi connectivity index (χ1n) is 9.74. The zero-order valence-corrected chi connectivity index (χ0v) is 15.0. The molecule has 2 fully saturated rings. The molecule has 1 aromatic carbocycles. The van der Waals surface area contributed by atoms with Crippen molar-refractivity contribution in [1.29, 1.82) is 0 Å². The van der Waals surface area contributed by atoms with Crippen molar-refractivity contribution < 1.29 is 18.3 Å². The van der Waals surface area contributed by atoms with Crippen LogP contribution in [0.4, 0.5) is 8.78 Å². The third-order valence-electron chi connectivity index (χ3n) is 6.36. The van der Waals surface area contributed by atoms with Gasteiger partial charge in [-0.2, -0.15) is 0 Å². The van der Waals surface area contributed by atoms with Gasteiger partial charge >= 0.3 is 5.97 Å². The molecule has 0 aromatic heterocycles. The number of para-hydroxylation sites is 1. The molecule has 2 aliphatic rings. The fourth-order valence-corrected chi connectivity index (χ4v) is 4.66. The molecule has 2 nitrogen and oxygen atoms in total. The van der Waals surface area contributed by atoms with E-state index in [4.69, 9.17) is 4.74 Å². The van der Waals surface area contributed by atoms with E-state index in [1.54, 1.807) is 0 Å². The number of halogens is 2. The molecule has 0 bridgehead atoms. The van der Waals surface area contributed by atoms with E-state index in [9.17, 15) is 13.6 Å². The van der Waals surface area contributed by atoms with Crippen molar-refractivity contribution in [3.63, 3.8) is 0 Å². The Bertz CT molecular complexity index is 565. The van der Waals surface area contributed by atoms with Crippen LogP contribution in [0.15, 0.2) is 18.2 Å². The lowest BCUT2D eigenvalue weighted by Gasteiger charge is -2.37. The van der Waals surface area contributed by atoms with E-state index in [0.29, 0.717) is 5.92 Å². The molecular formula is C21H28F2O2. The second-order valence-electron chi connectivity index (χ2n) is 7.77. The van der Waals surface area contributed by atoms with Gasteiger partial charge in [0.05, 0.1) is 5.92 Å². The summed E-state index contributed by atoms with van der Waals surface area (Å²) >= 11 is 0. The van der Waals surface area contributed by atoms with Crippen LogP contribution >= 0.6 is 0 Å². The zero-order chi connectivity index (χ0) is 17.8. The van der Waals surface area contributed by atoms with Crippen LogP contribution < -0.4 is 4.74 Å². The smallest absolute Gasteiger partial charge is 0.314 e. The van der Waals surface area contributed by atoms with Gasteiger partial charge in [-0.1, -0.05) is 32.3 Å². The van der Waals surface area contributed by atoms with Crippen LogP contribution in [0.1, 0.15) is 64.7 Å². The zero-order valence-electron chi connectivity index (χ0n) is 15.0. The van der Waals surface area contributed by atoms with Crippen molar-refractivity contribution in [3.8, 4) is 5.75 Å². The third kappa shape index (κ3) is 4.39. The molecule has 0 aliphatic heterocycles. The maximum Gasteiger partial charge on any atom is 0.314 e. The van der Waals surface area contributed by atoms with Gasteiger partial charge in [-0.25, -0.2) is 8.78 Å². The van der Waals surface area contributed by atoms with E-state index in [1.807, 2.05) is 0 Å². The normalized spacial score (nSPS) is 30.0. The van der Waals surface area contributed by atoms with Crippen molar-refractivity contribution in [2.24, 2.45) is 23.7 Å². The minimum Gasteiger partial charge on any atom is -0.420 e.